The maximum atomic E-state index is 12.3. The second kappa shape index (κ2) is 6.15. The molecule has 3 heterocycles. The van der Waals surface area contributed by atoms with Gasteiger partial charge in [0, 0.05) is 31.4 Å². The molecular formula is C13H13ClN4O3S. The molecule has 0 spiro atoms. The van der Waals surface area contributed by atoms with Crippen LogP contribution >= 0.6 is 11.6 Å². The molecule has 0 atom stereocenters. The summed E-state index contributed by atoms with van der Waals surface area (Å²) in [5.41, 5.74) is 0. The van der Waals surface area contributed by atoms with Crippen molar-refractivity contribution in [2.45, 2.75) is 4.90 Å². The summed E-state index contributed by atoms with van der Waals surface area (Å²) in [5, 5.41) is 0.256. The van der Waals surface area contributed by atoms with E-state index in [4.69, 9.17) is 16.3 Å². The van der Waals surface area contributed by atoms with E-state index in [0.29, 0.717) is 25.6 Å². The van der Waals surface area contributed by atoms with Crippen LogP contribution in [0.4, 0.5) is 0 Å². The number of halogens is 1. The van der Waals surface area contributed by atoms with Crippen LogP contribution in [-0.4, -0.2) is 47.4 Å². The minimum atomic E-state index is -3.46. The number of nitrogens with zero attached hydrogens (tertiary/aromatic N) is 4. The van der Waals surface area contributed by atoms with Gasteiger partial charge in [-0.1, -0.05) is 11.6 Å². The summed E-state index contributed by atoms with van der Waals surface area (Å²) in [6.45, 7) is 1.19. The molecule has 3 rings (SSSR count). The maximum Gasteiger partial charge on any atom is 0.244 e. The van der Waals surface area contributed by atoms with Crippen molar-refractivity contribution in [3.05, 3.63) is 42.1 Å². The van der Waals surface area contributed by atoms with Crippen molar-refractivity contribution in [3.63, 3.8) is 0 Å². The van der Waals surface area contributed by atoms with Gasteiger partial charge in [-0.15, -0.1) is 0 Å². The van der Waals surface area contributed by atoms with Crippen LogP contribution in [0.2, 0.25) is 5.15 Å². The first-order valence-electron chi connectivity index (χ1n) is 6.56. The van der Waals surface area contributed by atoms with Crippen LogP contribution in [0.15, 0.2) is 41.8 Å². The highest BCUT2D eigenvalue weighted by molar-refractivity contribution is 7.89. The van der Waals surface area contributed by atoms with Crippen molar-refractivity contribution in [3.8, 4) is 5.88 Å². The second-order valence-corrected chi connectivity index (χ2v) is 7.19. The van der Waals surface area contributed by atoms with E-state index in [9.17, 15) is 8.42 Å². The van der Waals surface area contributed by atoms with Crippen LogP contribution in [0.5, 0.6) is 5.88 Å². The van der Waals surface area contributed by atoms with Gasteiger partial charge in [0.2, 0.25) is 15.9 Å². The molecular weight excluding hydrogens is 328 g/mol. The third-order valence-corrected chi connectivity index (χ3v) is 5.24. The minimum Gasteiger partial charge on any atom is -0.476 e. The third kappa shape index (κ3) is 3.18. The van der Waals surface area contributed by atoms with Gasteiger partial charge in [0.05, 0.1) is 19.0 Å². The molecule has 1 fully saturated rings. The van der Waals surface area contributed by atoms with Gasteiger partial charge in [0.15, 0.2) is 5.15 Å². The fourth-order valence-electron chi connectivity index (χ4n) is 2.07. The molecule has 0 amide bonds. The molecule has 7 nitrogen and oxygen atoms in total. The summed E-state index contributed by atoms with van der Waals surface area (Å²) >= 11 is 5.71. The zero-order chi connectivity index (χ0) is 15.6. The third-order valence-electron chi connectivity index (χ3n) is 3.25. The van der Waals surface area contributed by atoms with Crippen molar-refractivity contribution >= 4 is 21.6 Å². The predicted molar refractivity (Wildman–Crippen MR) is 79.0 cm³/mol. The van der Waals surface area contributed by atoms with E-state index in [1.165, 1.54) is 35.2 Å². The van der Waals surface area contributed by atoms with E-state index < -0.39 is 10.0 Å². The first-order chi connectivity index (χ1) is 10.6. The first kappa shape index (κ1) is 15.1. The highest BCUT2D eigenvalue weighted by Crippen LogP contribution is 2.25. The molecule has 2 aromatic rings. The number of aromatic nitrogens is 3. The van der Waals surface area contributed by atoms with Crippen LogP contribution in [0.3, 0.4) is 0 Å². The maximum absolute atomic E-state index is 12.3. The summed E-state index contributed by atoms with van der Waals surface area (Å²) in [5.74, 6) is 0.452. The predicted octanol–water partition coefficient (Wildman–Crippen LogP) is 1.22. The van der Waals surface area contributed by atoms with Crippen molar-refractivity contribution in [2.75, 3.05) is 19.7 Å². The molecule has 1 aliphatic rings. The van der Waals surface area contributed by atoms with Gasteiger partial charge in [0.1, 0.15) is 4.90 Å². The highest BCUT2D eigenvalue weighted by Gasteiger charge is 2.37. The lowest BCUT2D eigenvalue weighted by Crippen LogP contribution is -2.51. The Balaban J connectivity index is 1.54. The van der Waals surface area contributed by atoms with Crippen LogP contribution in [0.1, 0.15) is 0 Å². The average Bonchev–Trinajstić information content (AvgIpc) is 2.46. The summed E-state index contributed by atoms with van der Waals surface area (Å²) in [7, 11) is -3.46. The Bertz CT molecular complexity index is 751. The van der Waals surface area contributed by atoms with Gasteiger partial charge in [-0.25, -0.2) is 8.42 Å². The van der Waals surface area contributed by atoms with Crippen LogP contribution < -0.4 is 4.74 Å². The zero-order valence-electron chi connectivity index (χ0n) is 11.5. The Kier molecular flexibility index (Phi) is 4.23. The molecule has 0 unspecified atom stereocenters. The van der Waals surface area contributed by atoms with Gasteiger partial charge in [-0.3, -0.25) is 9.97 Å². The summed E-state index contributed by atoms with van der Waals surface area (Å²) in [4.78, 5) is 11.9. The Morgan fingerprint density at radius 1 is 1.27 bits per heavy atom. The number of hydrogen-bond donors (Lipinski definition) is 0. The summed E-state index contributed by atoms with van der Waals surface area (Å²) in [6, 6.07) is 3.14. The van der Waals surface area contributed by atoms with Crippen molar-refractivity contribution in [1.82, 2.24) is 19.3 Å². The molecule has 22 heavy (non-hydrogen) atoms. The standard InChI is InChI=1S/C13H13ClN4O3S/c14-12-5-16-6-13(17-12)21-9-10-7-18(8-10)22(19,20)11-2-1-3-15-4-11/h1-6,10H,7-9H2. The number of pyridine rings is 1. The highest BCUT2D eigenvalue weighted by atomic mass is 35.5. The van der Waals surface area contributed by atoms with Gasteiger partial charge in [-0.2, -0.15) is 9.29 Å². The molecule has 9 heteroatoms. The van der Waals surface area contributed by atoms with Crippen LogP contribution in [-0.2, 0) is 10.0 Å². The Hall–Kier alpha value is -1.77. The monoisotopic (exact) mass is 340 g/mol. The molecule has 0 aliphatic carbocycles. The molecule has 1 saturated heterocycles. The topological polar surface area (TPSA) is 85.3 Å². The van der Waals surface area contributed by atoms with Crippen molar-refractivity contribution < 1.29 is 13.2 Å². The Morgan fingerprint density at radius 3 is 2.77 bits per heavy atom. The molecule has 1 aliphatic heterocycles. The quantitative estimate of drug-likeness (QED) is 0.813. The molecule has 0 saturated carbocycles. The number of ether oxygens (including phenoxy) is 1. The van der Waals surface area contributed by atoms with Crippen LogP contribution in [0, 0.1) is 5.92 Å². The summed E-state index contributed by atoms with van der Waals surface area (Å²) < 4.78 is 31.4. The fourth-order valence-corrected chi connectivity index (χ4v) is 3.77. The number of hydrogen-bond acceptors (Lipinski definition) is 6. The van der Waals surface area contributed by atoms with E-state index in [-0.39, 0.29) is 16.0 Å². The number of sulfonamides is 1. The van der Waals surface area contributed by atoms with Gasteiger partial charge >= 0.3 is 0 Å². The van der Waals surface area contributed by atoms with E-state index in [1.807, 2.05) is 0 Å². The largest absolute Gasteiger partial charge is 0.476 e. The molecule has 2 aromatic heterocycles. The van der Waals surface area contributed by atoms with E-state index in [0.717, 1.165) is 0 Å². The Morgan fingerprint density at radius 2 is 2.09 bits per heavy atom. The molecule has 0 bridgehead atoms. The van der Waals surface area contributed by atoms with Gasteiger partial charge < -0.3 is 4.74 Å². The van der Waals surface area contributed by atoms with Gasteiger partial charge in [0.25, 0.3) is 0 Å². The normalized spacial score (nSPS) is 16.2. The molecule has 0 N–H and O–H groups in total. The Labute approximate surface area is 133 Å². The van der Waals surface area contributed by atoms with Crippen molar-refractivity contribution in [1.29, 1.82) is 0 Å². The average molecular weight is 341 g/mol. The zero-order valence-corrected chi connectivity index (χ0v) is 13.0. The lowest BCUT2D eigenvalue weighted by atomic mass is 10.1. The van der Waals surface area contributed by atoms with Gasteiger partial charge in [-0.05, 0) is 12.1 Å². The molecule has 0 radical (unpaired) electrons. The lowest BCUT2D eigenvalue weighted by Gasteiger charge is -2.37. The molecule has 0 aromatic carbocycles. The smallest absolute Gasteiger partial charge is 0.244 e. The van der Waals surface area contributed by atoms with Crippen molar-refractivity contribution in [2.24, 2.45) is 5.92 Å². The van der Waals surface area contributed by atoms with E-state index in [1.54, 1.807) is 6.07 Å². The van der Waals surface area contributed by atoms with Crippen LogP contribution in [0.25, 0.3) is 0 Å². The molecule has 116 valence electrons. The minimum absolute atomic E-state index is 0.118. The SMILES string of the molecule is O=S(=O)(c1cccnc1)N1CC(COc2cncc(Cl)n2)C1. The van der Waals surface area contributed by atoms with E-state index >= 15 is 0 Å². The van der Waals surface area contributed by atoms with E-state index in [2.05, 4.69) is 15.0 Å². The summed E-state index contributed by atoms with van der Waals surface area (Å²) in [6.07, 6.45) is 5.77. The second-order valence-electron chi connectivity index (χ2n) is 4.87. The first-order valence-corrected chi connectivity index (χ1v) is 8.38. The fraction of sp³-hybridized carbons (Fsp3) is 0.308. The number of rotatable bonds is 5. The lowest BCUT2D eigenvalue weighted by molar-refractivity contribution is 0.126.